The van der Waals surface area contributed by atoms with Gasteiger partial charge >= 0.3 is 0 Å². The molecule has 3 aromatic rings. The lowest BCUT2D eigenvalue weighted by atomic mass is 10.1. The number of hydrogen-bond acceptors (Lipinski definition) is 4. The molecule has 1 heterocycles. The zero-order chi connectivity index (χ0) is 18.9. The molecule has 1 aromatic heterocycles. The highest BCUT2D eigenvalue weighted by molar-refractivity contribution is 7.92. The first-order valence-electron chi connectivity index (χ1n) is 8.61. The van der Waals surface area contributed by atoms with Crippen molar-refractivity contribution < 1.29 is 13.2 Å². The van der Waals surface area contributed by atoms with Gasteiger partial charge in [0.05, 0.1) is 10.6 Å². The Kier molecular flexibility index (Phi) is 4.72. The predicted octanol–water partition coefficient (Wildman–Crippen LogP) is 4.29. The average molecular weight is 399 g/mol. The Hall–Kier alpha value is -2.64. The Bertz CT molecular complexity index is 1090. The minimum Gasteiger partial charge on any atom is -0.321 e. The Morgan fingerprint density at radius 2 is 1.74 bits per heavy atom. The van der Waals surface area contributed by atoms with Crippen LogP contribution in [-0.4, -0.2) is 14.3 Å². The number of rotatable bonds is 5. The highest BCUT2D eigenvalue weighted by atomic mass is 32.2. The van der Waals surface area contributed by atoms with Crippen molar-refractivity contribution in [3.05, 3.63) is 76.0 Å². The van der Waals surface area contributed by atoms with Crippen molar-refractivity contribution in [3.63, 3.8) is 0 Å². The molecule has 2 N–H and O–H groups in total. The molecular weight excluding hydrogens is 380 g/mol. The monoisotopic (exact) mass is 398 g/mol. The lowest BCUT2D eigenvalue weighted by molar-refractivity contribution is 0.103. The van der Waals surface area contributed by atoms with Gasteiger partial charge in [-0.25, -0.2) is 8.42 Å². The second-order valence-corrected chi connectivity index (χ2v) is 8.97. The third kappa shape index (κ3) is 3.74. The standard InChI is InChI=1S/C20H18N2O3S2/c23-20(21-16-10-9-14-5-4-6-15(14)13-16)19-18(11-12-26-19)22-27(24,25)17-7-2-1-3-8-17/h1-3,7-13,22H,4-6H2,(H,21,23). The van der Waals surface area contributed by atoms with Crippen molar-refractivity contribution >= 4 is 38.6 Å². The van der Waals surface area contributed by atoms with Crippen molar-refractivity contribution in [3.8, 4) is 0 Å². The van der Waals surface area contributed by atoms with Crippen molar-refractivity contribution in [2.24, 2.45) is 0 Å². The van der Waals surface area contributed by atoms with Gasteiger partial charge in [-0.05, 0) is 66.1 Å². The second kappa shape index (κ2) is 7.17. The first-order valence-corrected chi connectivity index (χ1v) is 11.0. The number of carbonyl (C=O) groups excluding carboxylic acids is 1. The molecule has 7 heteroatoms. The smallest absolute Gasteiger partial charge is 0.267 e. The maximum absolute atomic E-state index is 12.7. The van der Waals surface area contributed by atoms with E-state index in [1.165, 1.54) is 34.6 Å². The van der Waals surface area contributed by atoms with E-state index in [9.17, 15) is 13.2 Å². The number of hydrogen-bond donors (Lipinski definition) is 2. The van der Waals surface area contributed by atoms with Crippen LogP contribution in [0, 0.1) is 0 Å². The van der Waals surface area contributed by atoms with E-state index in [4.69, 9.17) is 0 Å². The third-order valence-electron chi connectivity index (χ3n) is 4.53. The zero-order valence-electron chi connectivity index (χ0n) is 14.4. The quantitative estimate of drug-likeness (QED) is 0.673. The molecule has 27 heavy (non-hydrogen) atoms. The van der Waals surface area contributed by atoms with Crippen LogP contribution in [0.4, 0.5) is 11.4 Å². The number of amides is 1. The van der Waals surface area contributed by atoms with Gasteiger partial charge in [0.25, 0.3) is 15.9 Å². The van der Waals surface area contributed by atoms with E-state index in [0.717, 1.165) is 24.9 Å². The molecule has 0 aliphatic heterocycles. The normalized spacial score (nSPS) is 13.2. The molecule has 0 unspecified atom stereocenters. The van der Waals surface area contributed by atoms with Crippen LogP contribution in [0.25, 0.3) is 0 Å². The van der Waals surface area contributed by atoms with E-state index in [1.807, 2.05) is 18.2 Å². The van der Waals surface area contributed by atoms with Gasteiger partial charge in [0.1, 0.15) is 4.88 Å². The Morgan fingerprint density at radius 3 is 2.56 bits per heavy atom. The van der Waals surface area contributed by atoms with Crippen LogP contribution in [0.3, 0.4) is 0 Å². The number of benzene rings is 2. The SMILES string of the molecule is O=C(Nc1ccc2c(c1)CCC2)c1sccc1NS(=O)(=O)c1ccccc1. The number of fused-ring (bicyclic) bond motifs is 1. The summed E-state index contributed by atoms with van der Waals surface area (Å²) in [5, 5.41) is 4.57. The van der Waals surface area contributed by atoms with Crippen molar-refractivity contribution in [2.75, 3.05) is 10.0 Å². The molecule has 0 radical (unpaired) electrons. The van der Waals surface area contributed by atoms with Gasteiger partial charge in [-0.1, -0.05) is 24.3 Å². The van der Waals surface area contributed by atoms with Crippen molar-refractivity contribution in [1.29, 1.82) is 0 Å². The molecule has 5 nitrogen and oxygen atoms in total. The maximum atomic E-state index is 12.7. The number of thiophene rings is 1. The van der Waals surface area contributed by atoms with Gasteiger partial charge in [0.15, 0.2) is 0 Å². The molecule has 138 valence electrons. The minimum atomic E-state index is -3.74. The summed E-state index contributed by atoms with van der Waals surface area (Å²) in [6.45, 7) is 0. The molecule has 0 atom stereocenters. The largest absolute Gasteiger partial charge is 0.321 e. The van der Waals surface area contributed by atoms with E-state index < -0.39 is 10.0 Å². The van der Waals surface area contributed by atoms with Gasteiger partial charge in [-0.2, -0.15) is 0 Å². The Morgan fingerprint density at radius 1 is 0.963 bits per heavy atom. The van der Waals surface area contributed by atoms with E-state index in [-0.39, 0.29) is 16.5 Å². The highest BCUT2D eigenvalue weighted by Gasteiger charge is 2.20. The van der Waals surface area contributed by atoms with Crippen LogP contribution in [-0.2, 0) is 22.9 Å². The third-order valence-corrected chi connectivity index (χ3v) is 6.82. The first kappa shape index (κ1) is 17.8. The van der Waals surface area contributed by atoms with Gasteiger partial charge < -0.3 is 5.32 Å². The van der Waals surface area contributed by atoms with Gasteiger partial charge in [0, 0.05) is 5.69 Å². The van der Waals surface area contributed by atoms with E-state index in [2.05, 4.69) is 10.0 Å². The Labute approximate surface area is 162 Å². The summed E-state index contributed by atoms with van der Waals surface area (Å²) in [6.07, 6.45) is 3.25. The summed E-state index contributed by atoms with van der Waals surface area (Å²) in [7, 11) is -3.74. The summed E-state index contributed by atoms with van der Waals surface area (Å²) >= 11 is 1.20. The number of aryl methyl sites for hydroxylation is 2. The summed E-state index contributed by atoms with van der Waals surface area (Å²) in [6, 6.07) is 15.6. The molecule has 0 bridgehead atoms. The maximum Gasteiger partial charge on any atom is 0.267 e. The van der Waals surface area contributed by atoms with Crippen LogP contribution < -0.4 is 10.0 Å². The number of sulfonamides is 1. The van der Waals surface area contributed by atoms with Crippen LogP contribution in [0.5, 0.6) is 0 Å². The molecular formula is C20H18N2O3S2. The lowest BCUT2D eigenvalue weighted by Gasteiger charge is -2.10. The number of carbonyl (C=O) groups is 1. The fourth-order valence-corrected chi connectivity index (χ4v) is 5.11. The van der Waals surface area contributed by atoms with Crippen molar-refractivity contribution in [2.45, 2.75) is 24.2 Å². The van der Waals surface area contributed by atoms with Gasteiger partial charge in [-0.15, -0.1) is 11.3 Å². The highest BCUT2D eigenvalue weighted by Crippen LogP contribution is 2.28. The topological polar surface area (TPSA) is 75.3 Å². The number of anilines is 2. The van der Waals surface area contributed by atoms with Crippen LogP contribution in [0.2, 0.25) is 0 Å². The van der Waals surface area contributed by atoms with Crippen LogP contribution in [0.1, 0.15) is 27.2 Å². The Balaban J connectivity index is 1.54. The molecule has 0 fully saturated rings. The van der Waals surface area contributed by atoms with Crippen molar-refractivity contribution in [1.82, 2.24) is 0 Å². The van der Waals surface area contributed by atoms with Crippen LogP contribution >= 0.6 is 11.3 Å². The van der Waals surface area contributed by atoms with E-state index >= 15 is 0 Å². The summed E-state index contributed by atoms with van der Waals surface area (Å²) < 4.78 is 27.6. The molecule has 2 aromatic carbocycles. The zero-order valence-corrected chi connectivity index (χ0v) is 16.1. The molecule has 1 aliphatic carbocycles. The lowest BCUT2D eigenvalue weighted by Crippen LogP contribution is -2.17. The average Bonchev–Trinajstić information content (AvgIpc) is 3.31. The van der Waals surface area contributed by atoms with E-state index in [0.29, 0.717) is 4.88 Å². The number of nitrogens with one attached hydrogen (secondary N) is 2. The fourth-order valence-electron chi connectivity index (χ4n) is 3.21. The summed E-state index contributed by atoms with van der Waals surface area (Å²) in [4.78, 5) is 13.2. The van der Waals surface area contributed by atoms with E-state index in [1.54, 1.807) is 29.6 Å². The summed E-state index contributed by atoms with van der Waals surface area (Å²) in [5.74, 6) is -0.325. The second-order valence-electron chi connectivity index (χ2n) is 6.37. The minimum absolute atomic E-state index is 0.154. The summed E-state index contributed by atoms with van der Waals surface area (Å²) in [5.41, 5.74) is 3.61. The predicted molar refractivity (Wildman–Crippen MR) is 108 cm³/mol. The molecule has 0 spiro atoms. The molecule has 4 rings (SSSR count). The molecule has 0 saturated heterocycles. The fraction of sp³-hybridized carbons (Fsp3) is 0.150. The van der Waals surface area contributed by atoms with Crippen LogP contribution in [0.15, 0.2) is 64.9 Å². The molecule has 0 saturated carbocycles. The van der Waals surface area contributed by atoms with Gasteiger partial charge in [-0.3, -0.25) is 9.52 Å². The van der Waals surface area contributed by atoms with Gasteiger partial charge in [0.2, 0.25) is 0 Å². The molecule has 1 aliphatic rings. The molecule has 1 amide bonds. The first-order chi connectivity index (χ1) is 13.0.